The number of ether oxygens (including phenoxy) is 2. The van der Waals surface area contributed by atoms with Crippen molar-refractivity contribution in [3.63, 3.8) is 0 Å². The summed E-state index contributed by atoms with van der Waals surface area (Å²) in [5.74, 6) is -17.1. The summed E-state index contributed by atoms with van der Waals surface area (Å²) in [6.45, 7) is -0.282. The van der Waals surface area contributed by atoms with Crippen LogP contribution in [0.3, 0.4) is 0 Å². The van der Waals surface area contributed by atoms with E-state index >= 15 is 0 Å². The highest BCUT2D eigenvalue weighted by atomic mass is 32.2. The third kappa shape index (κ3) is 6.15. The molecule has 0 saturated heterocycles. The minimum Gasteiger partial charge on any atom is -0.405 e. The van der Waals surface area contributed by atoms with Crippen LogP contribution in [0.2, 0.25) is 0 Å². The molecule has 7 nitrogen and oxygen atoms in total. The van der Waals surface area contributed by atoms with Crippen molar-refractivity contribution in [3.05, 3.63) is 35.6 Å². The van der Waals surface area contributed by atoms with Crippen molar-refractivity contribution in [2.75, 3.05) is 0 Å². The average Bonchev–Trinajstić information content (AvgIpc) is 3.65. The highest BCUT2D eigenvalue weighted by Gasteiger charge is 2.86. The van der Waals surface area contributed by atoms with Gasteiger partial charge in [-0.15, -0.1) is 13.2 Å². The van der Waals surface area contributed by atoms with Gasteiger partial charge in [-0.25, -0.2) is 0 Å². The van der Waals surface area contributed by atoms with E-state index in [1.165, 1.54) is 18.2 Å². The van der Waals surface area contributed by atoms with E-state index < -0.39 is 69.5 Å². The van der Waals surface area contributed by atoms with Gasteiger partial charge in [-0.2, -0.15) is 47.9 Å². The number of para-hydroxylation sites is 1. The van der Waals surface area contributed by atoms with E-state index in [1.807, 2.05) is 0 Å². The second-order valence-electron chi connectivity index (χ2n) is 11.4. The highest BCUT2D eigenvalue weighted by Crippen LogP contribution is 2.56. The van der Waals surface area contributed by atoms with Gasteiger partial charge >= 0.3 is 39.8 Å². The zero-order valence-corrected chi connectivity index (χ0v) is 23.8. The standard InChI is InChI=1S/C26H23F12NO6S/c27-22(28,24(31,32)33)23(29,30)25(34,35)46(40,41)45-20-13-7-8-14(20)10-15(9-13)42-11-17-19(39-44-21(17)12-5-6-12)16-3-1-2-4-18(16)43-26(36,37)38/h1-4,12-15,20H,5-11H2/t13-,14+,15-,20-. The van der Waals surface area contributed by atoms with Crippen LogP contribution >= 0.6 is 0 Å². The number of hydrogen-bond acceptors (Lipinski definition) is 7. The molecule has 3 saturated carbocycles. The zero-order valence-electron chi connectivity index (χ0n) is 23.0. The minimum atomic E-state index is -7.41. The molecule has 0 spiro atoms. The normalized spacial score (nSPS) is 24.8. The summed E-state index contributed by atoms with van der Waals surface area (Å²) in [7, 11) is -7.03. The Labute approximate surface area is 252 Å². The third-order valence-electron chi connectivity index (χ3n) is 8.23. The Morgan fingerprint density at radius 1 is 0.826 bits per heavy atom. The van der Waals surface area contributed by atoms with Gasteiger partial charge in [0.1, 0.15) is 17.2 Å². The molecule has 1 aromatic heterocycles. The predicted molar refractivity (Wildman–Crippen MR) is 129 cm³/mol. The Balaban J connectivity index is 1.31. The molecule has 2 aromatic rings. The maximum absolute atomic E-state index is 14.2. The number of rotatable bonds is 11. The molecule has 46 heavy (non-hydrogen) atoms. The highest BCUT2D eigenvalue weighted by molar-refractivity contribution is 7.87. The summed E-state index contributed by atoms with van der Waals surface area (Å²) in [6.07, 6.45) is -13.4. The number of hydrogen-bond donors (Lipinski definition) is 0. The van der Waals surface area contributed by atoms with Crippen LogP contribution in [0.4, 0.5) is 52.7 Å². The molecule has 0 amide bonds. The monoisotopic (exact) mass is 705 g/mol. The number of nitrogens with zero attached hydrogens (tertiary/aromatic N) is 1. The molecule has 0 N–H and O–H groups in total. The molecule has 3 aliphatic carbocycles. The van der Waals surface area contributed by atoms with Crippen molar-refractivity contribution in [2.45, 2.75) is 92.9 Å². The van der Waals surface area contributed by atoms with Gasteiger partial charge in [0.15, 0.2) is 0 Å². The molecule has 1 heterocycles. The van der Waals surface area contributed by atoms with Gasteiger partial charge in [-0.1, -0.05) is 17.3 Å². The van der Waals surface area contributed by atoms with Crippen LogP contribution in [0.5, 0.6) is 5.75 Å². The molecule has 1 aromatic carbocycles. The lowest BCUT2D eigenvalue weighted by atomic mass is 9.84. The van der Waals surface area contributed by atoms with Gasteiger partial charge in [0.25, 0.3) is 0 Å². The van der Waals surface area contributed by atoms with Crippen molar-refractivity contribution in [1.82, 2.24) is 5.16 Å². The van der Waals surface area contributed by atoms with Crippen LogP contribution in [-0.2, 0) is 25.6 Å². The SMILES string of the molecule is O=S(=O)(O[C@@H]1[C@@H]2CC[C@H]1C[C@H](OCc1c(-c3ccccc3OC(F)(F)F)noc1C1CC1)C2)C(F)(F)C(F)(F)C(F)(F)C(F)(F)F. The van der Waals surface area contributed by atoms with Gasteiger partial charge in [0.2, 0.25) is 0 Å². The molecular weight excluding hydrogens is 682 g/mol. The van der Waals surface area contributed by atoms with E-state index in [9.17, 15) is 61.1 Å². The lowest BCUT2D eigenvalue weighted by Crippen LogP contribution is -2.63. The van der Waals surface area contributed by atoms with Crippen molar-refractivity contribution >= 4 is 10.1 Å². The molecule has 2 bridgehead atoms. The molecule has 0 unspecified atom stereocenters. The van der Waals surface area contributed by atoms with Crippen LogP contribution in [0, 0.1) is 11.8 Å². The maximum Gasteiger partial charge on any atom is 0.573 e. The van der Waals surface area contributed by atoms with Crippen molar-refractivity contribution in [2.24, 2.45) is 11.8 Å². The lowest BCUT2D eigenvalue weighted by molar-refractivity contribution is -0.383. The molecule has 4 atom stereocenters. The Morgan fingerprint density at radius 2 is 1.41 bits per heavy atom. The van der Waals surface area contributed by atoms with E-state index in [1.54, 1.807) is 0 Å². The van der Waals surface area contributed by atoms with Crippen molar-refractivity contribution < 1.29 is 79.3 Å². The van der Waals surface area contributed by atoms with Gasteiger partial charge < -0.3 is 14.0 Å². The van der Waals surface area contributed by atoms with Crippen LogP contribution < -0.4 is 4.74 Å². The van der Waals surface area contributed by atoms with Gasteiger partial charge in [0, 0.05) is 17.0 Å². The van der Waals surface area contributed by atoms with Crippen LogP contribution in [0.15, 0.2) is 28.8 Å². The van der Waals surface area contributed by atoms with Crippen LogP contribution in [-0.4, -0.2) is 55.4 Å². The van der Waals surface area contributed by atoms with E-state index in [0.29, 0.717) is 24.2 Å². The maximum atomic E-state index is 14.2. The summed E-state index contributed by atoms with van der Waals surface area (Å²) >= 11 is 0. The summed E-state index contributed by atoms with van der Waals surface area (Å²) in [5, 5.41) is -3.03. The van der Waals surface area contributed by atoms with Gasteiger partial charge in [-0.3, -0.25) is 4.18 Å². The Kier molecular flexibility index (Phi) is 8.61. The van der Waals surface area contributed by atoms with E-state index in [0.717, 1.165) is 6.07 Å². The number of alkyl halides is 12. The summed E-state index contributed by atoms with van der Waals surface area (Å²) in [5.41, 5.74) is 0.221. The Hall–Kier alpha value is -2.74. The van der Waals surface area contributed by atoms with E-state index in [4.69, 9.17) is 9.26 Å². The lowest BCUT2D eigenvalue weighted by Gasteiger charge is -2.37. The first kappa shape index (κ1) is 34.6. The number of aromatic nitrogens is 1. The number of benzene rings is 1. The van der Waals surface area contributed by atoms with Crippen molar-refractivity contribution in [1.29, 1.82) is 0 Å². The topological polar surface area (TPSA) is 87.9 Å². The fraction of sp³-hybridized carbons (Fsp3) is 0.654. The first-order chi connectivity index (χ1) is 21.1. The predicted octanol–water partition coefficient (Wildman–Crippen LogP) is 7.96. The molecule has 3 fully saturated rings. The molecule has 258 valence electrons. The number of halogens is 12. The van der Waals surface area contributed by atoms with Gasteiger partial charge in [-0.05, 0) is 62.5 Å². The number of fused-ring (bicyclic) bond motifs is 2. The fourth-order valence-corrected chi connectivity index (χ4v) is 7.02. The Morgan fingerprint density at radius 3 is 1.96 bits per heavy atom. The summed E-state index contributed by atoms with van der Waals surface area (Å²) < 4.78 is 203. The van der Waals surface area contributed by atoms with Crippen LogP contribution in [0.1, 0.15) is 55.8 Å². The molecule has 0 aliphatic heterocycles. The first-order valence-electron chi connectivity index (χ1n) is 13.7. The molecule has 5 rings (SSSR count). The smallest absolute Gasteiger partial charge is 0.405 e. The summed E-state index contributed by atoms with van der Waals surface area (Å²) in [6, 6.07) is 5.12. The van der Waals surface area contributed by atoms with E-state index in [2.05, 4.69) is 14.1 Å². The average molecular weight is 706 g/mol. The quantitative estimate of drug-likeness (QED) is 0.173. The van der Waals surface area contributed by atoms with Gasteiger partial charge in [0.05, 0.1) is 18.8 Å². The first-order valence-corrected chi connectivity index (χ1v) is 15.1. The largest absolute Gasteiger partial charge is 0.573 e. The zero-order chi connectivity index (χ0) is 34.1. The fourth-order valence-electron chi connectivity index (χ4n) is 5.85. The molecule has 0 radical (unpaired) electrons. The molecule has 3 aliphatic rings. The minimum absolute atomic E-state index is 0.00773. The second kappa shape index (κ2) is 11.5. The summed E-state index contributed by atoms with van der Waals surface area (Å²) in [4.78, 5) is 0. The van der Waals surface area contributed by atoms with Crippen LogP contribution in [0.25, 0.3) is 11.3 Å². The Bertz CT molecular complexity index is 1520. The second-order valence-corrected chi connectivity index (χ2v) is 13.0. The van der Waals surface area contributed by atoms with Crippen molar-refractivity contribution in [3.8, 4) is 17.0 Å². The molecule has 20 heteroatoms. The van der Waals surface area contributed by atoms with E-state index in [-0.39, 0.29) is 49.5 Å². The third-order valence-corrected chi connectivity index (χ3v) is 9.59. The molecular formula is C26H23F12NO6S.